The molecule has 1 saturated carbocycles. The van der Waals surface area contributed by atoms with Gasteiger partial charge in [0, 0.05) is 20.2 Å². The highest BCUT2D eigenvalue weighted by atomic mass is 19.1. The van der Waals surface area contributed by atoms with Gasteiger partial charge in [0.2, 0.25) is 5.95 Å². The summed E-state index contributed by atoms with van der Waals surface area (Å²) in [6, 6.07) is 6.75. The predicted octanol–water partition coefficient (Wildman–Crippen LogP) is 3.50. The van der Waals surface area contributed by atoms with Crippen molar-refractivity contribution in [3.05, 3.63) is 30.1 Å². The van der Waals surface area contributed by atoms with Crippen LogP contribution in [0.3, 0.4) is 0 Å². The number of halogens is 1. The Morgan fingerprint density at radius 1 is 1.24 bits per heavy atom. The first kappa shape index (κ1) is 16.5. The fraction of sp³-hybridized carbons (Fsp3) is 0.579. The first-order valence-electron chi connectivity index (χ1n) is 9.08. The Kier molecular flexibility index (Phi) is 4.23. The molecular formula is C19H25FN4O. The smallest absolute Gasteiger partial charge is 0.227 e. The van der Waals surface area contributed by atoms with Gasteiger partial charge in [0.25, 0.3) is 0 Å². The summed E-state index contributed by atoms with van der Waals surface area (Å²) in [6.07, 6.45) is 5.18. The molecule has 2 aliphatic rings. The lowest BCUT2D eigenvalue weighted by Gasteiger charge is -2.38. The van der Waals surface area contributed by atoms with Gasteiger partial charge < -0.3 is 9.64 Å². The van der Waals surface area contributed by atoms with Crippen LogP contribution in [-0.4, -0.2) is 41.1 Å². The zero-order valence-corrected chi connectivity index (χ0v) is 14.9. The summed E-state index contributed by atoms with van der Waals surface area (Å²) in [5.74, 6) is 1.14. The number of rotatable bonds is 5. The van der Waals surface area contributed by atoms with E-state index < -0.39 is 0 Å². The van der Waals surface area contributed by atoms with Gasteiger partial charge in [-0.05, 0) is 43.7 Å². The van der Waals surface area contributed by atoms with Gasteiger partial charge in [0.15, 0.2) is 5.82 Å². The molecule has 2 aromatic rings. The molecule has 4 rings (SSSR count). The van der Waals surface area contributed by atoms with Crippen molar-refractivity contribution in [3.8, 4) is 11.4 Å². The first-order valence-corrected chi connectivity index (χ1v) is 9.08. The van der Waals surface area contributed by atoms with Gasteiger partial charge in [-0.15, -0.1) is 10.2 Å². The number of methoxy groups -OCH3 is 1. The Labute approximate surface area is 147 Å². The maximum Gasteiger partial charge on any atom is 0.227 e. The molecule has 2 fully saturated rings. The minimum atomic E-state index is -0.273. The second kappa shape index (κ2) is 6.41. The number of benzene rings is 1. The monoisotopic (exact) mass is 344 g/mol. The van der Waals surface area contributed by atoms with Crippen molar-refractivity contribution in [2.45, 2.75) is 45.3 Å². The summed E-state index contributed by atoms with van der Waals surface area (Å²) in [4.78, 5) is 2.32. The fourth-order valence-electron chi connectivity index (χ4n) is 4.06. The fourth-order valence-corrected chi connectivity index (χ4v) is 4.06. The Balaban J connectivity index is 1.71. The summed E-state index contributed by atoms with van der Waals surface area (Å²) < 4.78 is 21.8. The number of anilines is 1. The van der Waals surface area contributed by atoms with E-state index in [4.69, 9.17) is 4.74 Å². The van der Waals surface area contributed by atoms with Crippen molar-refractivity contribution >= 4 is 5.95 Å². The van der Waals surface area contributed by atoms with Crippen LogP contribution in [0.15, 0.2) is 24.3 Å². The van der Waals surface area contributed by atoms with E-state index in [0.717, 1.165) is 19.0 Å². The van der Waals surface area contributed by atoms with Gasteiger partial charge in [-0.2, -0.15) is 0 Å². The number of aromatic nitrogens is 3. The van der Waals surface area contributed by atoms with Gasteiger partial charge in [0.1, 0.15) is 5.82 Å². The lowest BCUT2D eigenvalue weighted by Crippen LogP contribution is -2.34. The van der Waals surface area contributed by atoms with Crippen LogP contribution in [0.1, 0.15) is 32.6 Å². The zero-order valence-electron chi connectivity index (χ0n) is 14.9. The summed E-state index contributed by atoms with van der Waals surface area (Å²) in [7, 11) is 1.69. The van der Waals surface area contributed by atoms with Crippen molar-refractivity contribution < 1.29 is 9.13 Å². The highest BCUT2D eigenvalue weighted by Gasteiger charge is 2.44. The molecule has 1 aromatic carbocycles. The molecule has 1 aliphatic carbocycles. The predicted molar refractivity (Wildman–Crippen MR) is 95.0 cm³/mol. The third kappa shape index (κ3) is 2.92. The molecule has 2 heterocycles. The molecule has 6 heteroatoms. The van der Waals surface area contributed by atoms with Gasteiger partial charge >= 0.3 is 0 Å². The lowest BCUT2D eigenvalue weighted by atomic mass is 9.68. The number of nitrogens with zero attached hydrogens (tertiary/aromatic N) is 4. The van der Waals surface area contributed by atoms with Crippen LogP contribution in [0.2, 0.25) is 0 Å². The molecule has 25 heavy (non-hydrogen) atoms. The summed E-state index contributed by atoms with van der Waals surface area (Å²) >= 11 is 0. The molecule has 1 aliphatic heterocycles. The molecule has 1 aromatic heterocycles. The molecule has 5 nitrogen and oxygen atoms in total. The maximum atomic E-state index is 14.3. The zero-order chi connectivity index (χ0) is 17.4. The van der Waals surface area contributed by atoms with Crippen LogP contribution >= 0.6 is 0 Å². The summed E-state index contributed by atoms with van der Waals surface area (Å²) in [5, 5.41) is 8.79. The SMILES string of the molecule is COC(C)Cn1c(-c2ccccc2F)nnc1N1CCC2(CCC2)C1. The van der Waals surface area contributed by atoms with E-state index in [-0.39, 0.29) is 11.9 Å². The highest BCUT2D eigenvalue weighted by molar-refractivity contribution is 5.58. The Bertz CT molecular complexity index is 756. The molecule has 1 saturated heterocycles. The van der Waals surface area contributed by atoms with Gasteiger partial charge in [-0.3, -0.25) is 4.57 Å². The van der Waals surface area contributed by atoms with E-state index in [2.05, 4.69) is 15.1 Å². The van der Waals surface area contributed by atoms with Crippen LogP contribution in [0.4, 0.5) is 10.3 Å². The minimum Gasteiger partial charge on any atom is -0.380 e. The van der Waals surface area contributed by atoms with Crippen molar-refractivity contribution in [2.24, 2.45) is 5.41 Å². The number of ether oxygens (including phenoxy) is 1. The third-order valence-corrected chi connectivity index (χ3v) is 5.82. The molecule has 0 amide bonds. The van der Waals surface area contributed by atoms with Crippen LogP contribution in [-0.2, 0) is 11.3 Å². The van der Waals surface area contributed by atoms with Gasteiger partial charge in [-0.25, -0.2) is 4.39 Å². The molecule has 1 atom stereocenters. The first-order chi connectivity index (χ1) is 12.1. The highest BCUT2D eigenvalue weighted by Crippen LogP contribution is 2.48. The van der Waals surface area contributed by atoms with Crippen molar-refractivity contribution in [1.29, 1.82) is 0 Å². The normalized spacial score (nSPS) is 20.0. The van der Waals surface area contributed by atoms with E-state index in [9.17, 15) is 4.39 Å². The molecule has 134 valence electrons. The van der Waals surface area contributed by atoms with E-state index in [1.807, 2.05) is 17.6 Å². The van der Waals surface area contributed by atoms with Crippen molar-refractivity contribution in [2.75, 3.05) is 25.1 Å². The second-order valence-electron chi connectivity index (χ2n) is 7.49. The Morgan fingerprint density at radius 3 is 2.68 bits per heavy atom. The largest absolute Gasteiger partial charge is 0.380 e. The van der Waals surface area contributed by atoms with E-state index in [1.54, 1.807) is 19.2 Å². The average molecular weight is 344 g/mol. The van der Waals surface area contributed by atoms with E-state index >= 15 is 0 Å². The van der Waals surface area contributed by atoms with Gasteiger partial charge in [0.05, 0.1) is 18.2 Å². The van der Waals surface area contributed by atoms with E-state index in [0.29, 0.717) is 23.3 Å². The lowest BCUT2D eigenvalue weighted by molar-refractivity contribution is 0.104. The third-order valence-electron chi connectivity index (χ3n) is 5.82. The van der Waals surface area contributed by atoms with E-state index in [1.165, 1.54) is 31.7 Å². The molecule has 0 radical (unpaired) electrons. The molecule has 1 spiro atoms. The summed E-state index contributed by atoms with van der Waals surface area (Å²) in [6.45, 7) is 4.64. The average Bonchev–Trinajstić information content (AvgIpc) is 3.19. The molecule has 0 N–H and O–H groups in total. The minimum absolute atomic E-state index is 0.000500. The molecule has 1 unspecified atom stereocenters. The number of hydrogen-bond acceptors (Lipinski definition) is 4. The second-order valence-corrected chi connectivity index (χ2v) is 7.49. The molecular weight excluding hydrogens is 319 g/mol. The van der Waals surface area contributed by atoms with Crippen molar-refractivity contribution in [1.82, 2.24) is 14.8 Å². The standard InChI is InChI=1S/C19H25FN4O/c1-14(25-2)12-24-17(15-6-3-4-7-16(15)20)21-22-18(24)23-11-10-19(13-23)8-5-9-19/h3-4,6-7,14H,5,8-13H2,1-2H3. The van der Waals surface area contributed by atoms with Crippen LogP contribution in [0, 0.1) is 11.2 Å². The Morgan fingerprint density at radius 2 is 2.04 bits per heavy atom. The maximum absolute atomic E-state index is 14.3. The Hall–Kier alpha value is -1.95. The van der Waals surface area contributed by atoms with Crippen LogP contribution in [0.5, 0.6) is 0 Å². The topological polar surface area (TPSA) is 43.2 Å². The van der Waals surface area contributed by atoms with Crippen molar-refractivity contribution in [3.63, 3.8) is 0 Å². The number of hydrogen-bond donors (Lipinski definition) is 0. The summed E-state index contributed by atoms with van der Waals surface area (Å²) in [5.41, 5.74) is 0.962. The van der Waals surface area contributed by atoms with Crippen LogP contribution in [0.25, 0.3) is 11.4 Å². The van der Waals surface area contributed by atoms with Crippen LogP contribution < -0.4 is 4.90 Å². The molecule has 0 bridgehead atoms. The van der Waals surface area contributed by atoms with Gasteiger partial charge in [-0.1, -0.05) is 18.6 Å². The quantitative estimate of drug-likeness (QED) is 0.833.